The lowest BCUT2D eigenvalue weighted by molar-refractivity contribution is 0.619. The number of nitrogens with one attached hydrogen (secondary N) is 1. The Hall–Kier alpha value is -1.75. The minimum absolute atomic E-state index is 0.258. The van der Waals surface area contributed by atoms with Crippen LogP contribution in [-0.4, -0.2) is 15.2 Å². The highest BCUT2D eigenvalue weighted by Gasteiger charge is 2.06. The Morgan fingerprint density at radius 2 is 2.27 bits per heavy atom. The summed E-state index contributed by atoms with van der Waals surface area (Å²) in [7, 11) is 0. The van der Waals surface area contributed by atoms with E-state index in [4.69, 9.17) is 5.73 Å². The summed E-state index contributed by atoms with van der Waals surface area (Å²) in [6.45, 7) is 2.00. The van der Waals surface area contributed by atoms with Crippen LogP contribution in [0, 0.1) is 12.7 Å². The molecule has 3 N–H and O–H groups in total. The van der Waals surface area contributed by atoms with E-state index in [2.05, 4.69) is 15.2 Å². The van der Waals surface area contributed by atoms with Gasteiger partial charge in [-0.2, -0.15) is 5.10 Å². The highest BCUT2D eigenvalue weighted by atomic mass is 19.1. The van der Waals surface area contributed by atoms with Gasteiger partial charge in [-0.25, -0.2) is 9.37 Å². The van der Waals surface area contributed by atoms with Crippen LogP contribution in [0.5, 0.6) is 0 Å². The molecule has 0 aliphatic heterocycles. The van der Waals surface area contributed by atoms with Crippen molar-refractivity contribution in [2.75, 3.05) is 0 Å². The number of nitrogens with two attached hydrogens (primary N) is 1. The van der Waals surface area contributed by atoms with Crippen LogP contribution < -0.4 is 5.73 Å². The molecule has 0 spiro atoms. The molecule has 0 amide bonds. The summed E-state index contributed by atoms with van der Waals surface area (Å²) in [5.41, 5.74) is 6.64. The van der Waals surface area contributed by atoms with Gasteiger partial charge in [0.25, 0.3) is 0 Å². The fourth-order valence-corrected chi connectivity index (χ4v) is 1.25. The third-order valence-electron chi connectivity index (χ3n) is 2.16. The summed E-state index contributed by atoms with van der Waals surface area (Å²) in [5.74, 6) is 0.798. The van der Waals surface area contributed by atoms with Gasteiger partial charge in [-0.05, 0) is 18.6 Å². The summed E-state index contributed by atoms with van der Waals surface area (Å²) in [4.78, 5) is 4.11. The number of benzene rings is 1. The Morgan fingerprint density at radius 1 is 1.47 bits per heavy atom. The second kappa shape index (κ2) is 3.78. The van der Waals surface area contributed by atoms with Gasteiger partial charge in [0, 0.05) is 5.56 Å². The SMILES string of the molecule is Cc1ccc(-c2n[nH]c(CN)n2)cc1F. The fraction of sp³-hybridized carbons (Fsp3) is 0.200. The lowest BCUT2D eigenvalue weighted by Crippen LogP contribution is -1.97. The first-order chi connectivity index (χ1) is 7.20. The zero-order chi connectivity index (χ0) is 10.8. The predicted molar refractivity (Wildman–Crippen MR) is 54.4 cm³/mol. The van der Waals surface area contributed by atoms with Gasteiger partial charge in [0.05, 0.1) is 6.54 Å². The summed E-state index contributed by atoms with van der Waals surface area (Å²) in [6.07, 6.45) is 0. The highest BCUT2D eigenvalue weighted by Crippen LogP contribution is 2.17. The third kappa shape index (κ3) is 1.87. The maximum absolute atomic E-state index is 13.3. The minimum atomic E-state index is -0.258. The van der Waals surface area contributed by atoms with Crippen molar-refractivity contribution < 1.29 is 4.39 Å². The van der Waals surface area contributed by atoms with Crippen molar-refractivity contribution in [2.24, 2.45) is 5.73 Å². The zero-order valence-electron chi connectivity index (χ0n) is 8.29. The molecule has 0 radical (unpaired) electrons. The van der Waals surface area contributed by atoms with Crippen LogP contribution in [0.4, 0.5) is 4.39 Å². The molecular weight excluding hydrogens is 195 g/mol. The molecule has 78 valence electrons. The molecule has 15 heavy (non-hydrogen) atoms. The highest BCUT2D eigenvalue weighted by molar-refractivity contribution is 5.55. The molecule has 2 rings (SSSR count). The van der Waals surface area contributed by atoms with Crippen LogP contribution in [0.3, 0.4) is 0 Å². The van der Waals surface area contributed by atoms with E-state index in [1.54, 1.807) is 19.1 Å². The summed E-state index contributed by atoms with van der Waals surface area (Å²) < 4.78 is 13.3. The number of nitrogens with zero attached hydrogens (tertiary/aromatic N) is 2. The van der Waals surface area contributed by atoms with Crippen LogP contribution >= 0.6 is 0 Å². The van der Waals surface area contributed by atoms with E-state index < -0.39 is 0 Å². The number of H-pyrrole nitrogens is 1. The van der Waals surface area contributed by atoms with Crippen LogP contribution in [-0.2, 0) is 6.54 Å². The van der Waals surface area contributed by atoms with Crippen molar-refractivity contribution in [1.82, 2.24) is 15.2 Å². The van der Waals surface area contributed by atoms with Crippen LogP contribution in [0.15, 0.2) is 18.2 Å². The molecule has 0 bridgehead atoms. The number of hydrogen-bond acceptors (Lipinski definition) is 3. The first-order valence-electron chi connectivity index (χ1n) is 4.58. The van der Waals surface area contributed by atoms with E-state index in [0.717, 1.165) is 0 Å². The number of aromatic amines is 1. The number of rotatable bonds is 2. The monoisotopic (exact) mass is 206 g/mol. The molecule has 0 unspecified atom stereocenters. The molecule has 4 nitrogen and oxygen atoms in total. The quantitative estimate of drug-likeness (QED) is 0.780. The number of aromatic nitrogens is 3. The first-order valence-corrected chi connectivity index (χ1v) is 4.58. The van der Waals surface area contributed by atoms with Crippen LogP contribution in [0.2, 0.25) is 0 Å². The maximum Gasteiger partial charge on any atom is 0.181 e. The maximum atomic E-state index is 13.3. The van der Waals surface area contributed by atoms with E-state index in [1.165, 1.54) is 6.07 Å². The second-order valence-electron chi connectivity index (χ2n) is 3.27. The Morgan fingerprint density at radius 3 is 2.87 bits per heavy atom. The van der Waals surface area contributed by atoms with Crippen molar-refractivity contribution in [1.29, 1.82) is 0 Å². The molecule has 0 atom stereocenters. The molecule has 0 saturated carbocycles. The Labute approximate surface area is 86.3 Å². The average molecular weight is 206 g/mol. The van der Waals surface area contributed by atoms with Crippen molar-refractivity contribution >= 4 is 0 Å². The van der Waals surface area contributed by atoms with Gasteiger partial charge < -0.3 is 5.73 Å². The second-order valence-corrected chi connectivity index (χ2v) is 3.27. The molecule has 1 aromatic heterocycles. The smallest absolute Gasteiger partial charge is 0.181 e. The predicted octanol–water partition coefficient (Wildman–Crippen LogP) is 1.38. The molecule has 0 saturated heterocycles. The Balaban J connectivity index is 2.40. The molecule has 1 aromatic carbocycles. The van der Waals surface area contributed by atoms with Crippen LogP contribution in [0.25, 0.3) is 11.4 Å². The van der Waals surface area contributed by atoms with Gasteiger partial charge in [0.2, 0.25) is 0 Å². The largest absolute Gasteiger partial charge is 0.324 e. The van der Waals surface area contributed by atoms with Gasteiger partial charge in [0.1, 0.15) is 11.6 Å². The number of aryl methyl sites for hydroxylation is 1. The van der Waals surface area contributed by atoms with Crippen molar-refractivity contribution in [3.8, 4) is 11.4 Å². The lowest BCUT2D eigenvalue weighted by Gasteiger charge is -1.98. The van der Waals surface area contributed by atoms with Gasteiger partial charge in [-0.3, -0.25) is 5.10 Å². The molecular formula is C10H11FN4. The van der Waals surface area contributed by atoms with E-state index >= 15 is 0 Å². The van der Waals surface area contributed by atoms with Gasteiger partial charge >= 0.3 is 0 Å². The van der Waals surface area contributed by atoms with Gasteiger partial charge in [-0.1, -0.05) is 12.1 Å². The molecule has 0 fully saturated rings. The van der Waals surface area contributed by atoms with Crippen LogP contribution in [0.1, 0.15) is 11.4 Å². The third-order valence-corrected chi connectivity index (χ3v) is 2.16. The minimum Gasteiger partial charge on any atom is -0.324 e. The molecule has 2 aromatic rings. The van der Waals surface area contributed by atoms with E-state index in [9.17, 15) is 4.39 Å². The van der Waals surface area contributed by atoms with E-state index in [0.29, 0.717) is 29.3 Å². The zero-order valence-corrected chi connectivity index (χ0v) is 8.29. The first kappa shape index (κ1) is 9.79. The standard InChI is InChI=1S/C10H11FN4/c1-6-2-3-7(4-8(6)11)10-13-9(5-12)14-15-10/h2-4H,5,12H2,1H3,(H,13,14,15). The van der Waals surface area contributed by atoms with Crippen molar-refractivity contribution in [2.45, 2.75) is 13.5 Å². The molecule has 1 heterocycles. The topological polar surface area (TPSA) is 67.6 Å². The lowest BCUT2D eigenvalue weighted by atomic mass is 10.1. The average Bonchev–Trinajstić information content (AvgIpc) is 2.70. The van der Waals surface area contributed by atoms with Crippen molar-refractivity contribution in [3.05, 3.63) is 35.4 Å². The summed E-state index contributed by atoms with van der Waals surface area (Å²) in [6, 6.07) is 4.89. The van der Waals surface area contributed by atoms with E-state index in [-0.39, 0.29) is 5.82 Å². The molecule has 5 heteroatoms. The van der Waals surface area contributed by atoms with Gasteiger partial charge in [-0.15, -0.1) is 0 Å². The molecule has 0 aliphatic rings. The van der Waals surface area contributed by atoms with Gasteiger partial charge in [0.15, 0.2) is 5.82 Å². The van der Waals surface area contributed by atoms with Crippen molar-refractivity contribution in [3.63, 3.8) is 0 Å². The Kier molecular flexibility index (Phi) is 2.47. The normalized spacial score (nSPS) is 10.6. The summed E-state index contributed by atoms with van der Waals surface area (Å²) in [5, 5.41) is 6.62. The fourth-order valence-electron chi connectivity index (χ4n) is 1.25. The Bertz CT molecular complexity index is 478. The molecule has 0 aliphatic carbocycles. The summed E-state index contributed by atoms with van der Waals surface area (Å²) >= 11 is 0. The van der Waals surface area contributed by atoms with E-state index in [1.807, 2.05) is 0 Å². The number of hydrogen-bond donors (Lipinski definition) is 2. The number of halogens is 1.